The Balaban J connectivity index is 2.27. The minimum atomic E-state index is -0.537. The van der Waals surface area contributed by atoms with E-state index in [4.69, 9.17) is 23.2 Å². The summed E-state index contributed by atoms with van der Waals surface area (Å²) in [4.78, 5) is 27.5. The number of hydrogen-bond donors (Lipinski definition) is 1. The van der Waals surface area contributed by atoms with Gasteiger partial charge in [-0.1, -0.05) is 73.4 Å². The molecule has 150 valence electrons. The third kappa shape index (κ3) is 6.25. The largest absolute Gasteiger partial charge is 0.354 e. The molecule has 0 aliphatic carbocycles. The summed E-state index contributed by atoms with van der Waals surface area (Å²) in [5, 5.41) is 3.88. The molecular weight excluding hydrogens is 395 g/mol. The van der Waals surface area contributed by atoms with Gasteiger partial charge >= 0.3 is 0 Å². The molecular formula is C22H26Cl2N2O2. The van der Waals surface area contributed by atoms with Crippen molar-refractivity contribution in [2.24, 2.45) is 0 Å². The highest BCUT2D eigenvalue weighted by atomic mass is 35.5. The summed E-state index contributed by atoms with van der Waals surface area (Å²) in [7, 11) is 0. The molecule has 6 heteroatoms. The molecule has 0 heterocycles. The van der Waals surface area contributed by atoms with Crippen molar-refractivity contribution in [1.82, 2.24) is 10.2 Å². The lowest BCUT2D eigenvalue weighted by molar-refractivity contribution is -0.140. The van der Waals surface area contributed by atoms with Crippen LogP contribution in [0.2, 0.25) is 10.0 Å². The number of nitrogens with zero attached hydrogens (tertiary/aromatic N) is 1. The fourth-order valence-electron chi connectivity index (χ4n) is 3.00. The number of carbonyl (C=O) groups excluding carboxylic acids is 2. The number of rotatable bonds is 9. The van der Waals surface area contributed by atoms with Crippen molar-refractivity contribution in [2.75, 3.05) is 6.54 Å². The number of carbonyl (C=O) groups is 2. The second kappa shape index (κ2) is 11.1. The Morgan fingerprint density at radius 2 is 1.79 bits per heavy atom. The van der Waals surface area contributed by atoms with E-state index in [-0.39, 0.29) is 18.2 Å². The van der Waals surface area contributed by atoms with Crippen molar-refractivity contribution in [2.45, 2.75) is 45.7 Å². The monoisotopic (exact) mass is 420 g/mol. The van der Waals surface area contributed by atoms with E-state index in [0.29, 0.717) is 35.1 Å². The molecule has 0 fully saturated rings. The second-order valence-electron chi connectivity index (χ2n) is 6.63. The van der Waals surface area contributed by atoms with Crippen molar-refractivity contribution >= 4 is 35.0 Å². The molecule has 2 amide bonds. The lowest BCUT2D eigenvalue weighted by Crippen LogP contribution is -2.49. The molecule has 0 radical (unpaired) electrons. The van der Waals surface area contributed by atoms with Gasteiger partial charge in [0, 0.05) is 23.1 Å². The molecule has 0 saturated heterocycles. The van der Waals surface area contributed by atoms with Gasteiger partial charge in [0.25, 0.3) is 0 Å². The highest BCUT2D eigenvalue weighted by Crippen LogP contribution is 2.23. The van der Waals surface area contributed by atoms with Crippen LogP contribution in [0.5, 0.6) is 0 Å². The number of benzene rings is 2. The molecule has 2 rings (SSSR count). The van der Waals surface area contributed by atoms with Crippen molar-refractivity contribution < 1.29 is 9.59 Å². The first-order valence-corrected chi connectivity index (χ1v) is 10.3. The molecule has 4 nitrogen and oxygen atoms in total. The van der Waals surface area contributed by atoms with Gasteiger partial charge in [-0.05, 0) is 36.1 Å². The van der Waals surface area contributed by atoms with E-state index in [1.54, 1.807) is 23.1 Å². The fraction of sp³-hybridized carbons (Fsp3) is 0.364. The predicted octanol–water partition coefficient (Wildman–Crippen LogP) is 4.87. The van der Waals surface area contributed by atoms with Crippen LogP contribution in [0.1, 0.15) is 37.8 Å². The Labute approximate surface area is 176 Å². The third-order valence-electron chi connectivity index (χ3n) is 4.49. The zero-order valence-corrected chi connectivity index (χ0v) is 17.8. The van der Waals surface area contributed by atoms with Crippen LogP contribution in [-0.2, 0) is 22.6 Å². The maximum atomic E-state index is 13.2. The van der Waals surface area contributed by atoms with Crippen LogP contribution in [-0.4, -0.2) is 29.3 Å². The van der Waals surface area contributed by atoms with Crippen molar-refractivity contribution in [3.05, 3.63) is 69.7 Å². The summed E-state index contributed by atoms with van der Waals surface area (Å²) in [6, 6.07) is 14.2. The lowest BCUT2D eigenvalue weighted by Gasteiger charge is -2.31. The van der Waals surface area contributed by atoms with Gasteiger partial charge in [0.1, 0.15) is 6.04 Å². The Hall–Kier alpha value is -2.04. The molecule has 0 aromatic heterocycles. The van der Waals surface area contributed by atoms with E-state index in [1.807, 2.05) is 44.2 Å². The summed E-state index contributed by atoms with van der Waals surface area (Å²) in [5.41, 5.74) is 1.66. The van der Waals surface area contributed by atoms with Gasteiger partial charge in [-0.25, -0.2) is 0 Å². The topological polar surface area (TPSA) is 49.4 Å². The molecule has 0 saturated carbocycles. The molecule has 2 aromatic carbocycles. The van der Waals surface area contributed by atoms with Gasteiger partial charge in [0.2, 0.25) is 11.8 Å². The van der Waals surface area contributed by atoms with Gasteiger partial charge in [0.05, 0.1) is 6.42 Å². The molecule has 28 heavy (non-hydrogen) atoms. The zero-order valence-electron chi connectivity index (χ0n) is 16.3. The molecule has 0 spiro atoms. The number of amides is 2. The van der Waals surface area contributed by atoms with Gasteiger partial charge in [0.15, 0.2) is 0 Å². The molecule has 0 aliphatic rings. The van der Waals surface area contributed by atoms with Gasteiger partial charge in [-0.3, -0.25) is 9.59 Å². The Morgan fingerprint density at radius 3 is 2.39 bits per heavy atom. The molecule has 0 aliphatic heterocycles. The summed E-state index contributed by atoms with van der Waals surface area (Å²) >= 11 is 12.2. The van der Waals surface area contributed by atoms with Crippen molar-refractivity contribution in [3.8, 4) is 0 Å². The van der Waals surface area contributed by atoms with Gasteiger partial charge in [-0.15, -0.1) is 0 Å². The van der Waals surface area contributed by atoms with Crippen LogP contribution in [0.4, 0.5) is 0 Å². The average molecular weight is 421 g/mol. The standard InChI is InChI=1S/C22H26Cl2N2O2/c1-3-12-25-22(28)20(4-2)26(15-16-8-6-5-7-9-16)21(27)13-17-10-11-18(23)14-19(17)24/h5-11,14,20H,3-4,12-13,15H2,1-2H3,(H,25,28)/t20-/m0/s1. The van der Waals surface area contributed by atoms with E-state index < -0.39 is 6.04 Å². The Kier molecular flexibility index (Phi) is 8.81. The molecule has 0 unspecified atom stereocenters. The zero-order chi connectivity index (χ0) is 20.5. The first kappa shape index (κ1) is 22.3. The summed E-state index contributed by atoms with van der Waals surface area (Å²) in [6.07, 6.45) is 1.48. The maximum Gasteiger partial charge on any atom is 0.242 e. The number of nitrogens with one attached hydrogen (secondary N) is 1. The maximum absolute atomic E-state index is 13.2. The fourth-order valence-corrected chi connectivity index (χ4v) is 3.47. The molecule has 1 atom stereocenters. The van der Waals surface area contributed by atoms with E-state index in [1.165, 1.54) is 0 Å². The van der Waals surface area contributed by atoms with E-state index >= 15 is 0 Å². The first-order chi connectivity index (χ1) is 13.5. The highest BCUT2D eigenvalue weighted by molar-refractivity contribution is 6.35. The Bertz CT molecular complexity index is 796. The van der Waals surface area contributed by atoms with E-state index in [9.17, 15) is 9.59 Å². The number of hydrogen-bond acceptors (Lipinski definition) is 2. The van der Waals surface area contributed by atoms with E-state index in [0.717, 1.165) is 12.0 Å². The van der Waals surface area contributed by atoms with Crippen LogP contribution in [0.15, 0.2) is 48.5 Å². The lowest BCUT2D eigenvalue weighted by atomic mass is 10.1. The molecule has 0 bridgehead atoms. The van der Waals surface area contributed by atoms with Crippen LogP contribution in [0.25, 0.3) is 0 Å². The van der Waals surface area contributed by atoms with Crippen LogP contribution < -0.4 is 5.32 Å². The number of halogens is 2. The Morgan fingerprint density at radius 1 is 1.07 bits per heavy atom. The quantitative estimate of drug-likeness (QED) is 0.628. The molecule has 1 N–H and O–H groups in total. The van der Waals surface area contributed by atoms with Crippen molar-refractivity contribution in [3.63, 3.8) is 0 Å². The molecule has 2 aromatic rings. The third-order valence-corrected chi connectivity index (χ3v) is 5.07. The predicted molar refractivity (Wildman–Crippen MR) is 115 cm³/mol. The van der Waals surface area contributed by atoms with Crippen LogP contribution in [0.3, 0.4) is 0 Å². The summed E-state index contributed by atoms with van der Waals surface area (Å²) < 4.78 is 0. The SMILES string of the molecule is CCCNC(=O)[C@H](CC)N(Cc1ccccc1)C(=O)Cc1ccc(Cl)cc1Cl. The summed E-state index contributed by atoms with van der Waals surface area (Å²) in [5.74, 6) is -0.276. The smallest absolute Gasteiger partial charge is 0.242 e. The minimum absolute atomic E-state index is 0.112. The summed E-state index contributed by atoms with van der Waals surface area (Å²) in [6.45, 7) is 4.86. The van der Waals surface area contributed by atoms with Gasteiger partial charge in [-0.2, -0.15) is 0 Å². The average Bonchev–Trinajstić information content (AvgIpc) is 2.69. The highest BCUT2D eigenvalue weighted by Gasteiger charge is 2.28. The minimum Gasteiger partial charge on any atom is -0.354 e. The van der Waals surface area contributed by atoms with Gasteiger partial charge < -0.3 is 10.2 Å². The van der Waals surface area contributed by atoms with Crippen molar-refractivity contribution in [1.29, 1.82) is 0 Å². The van der Waals surface area contributed by atoms with Crippen LogP contribution >= 0.6 is 23.2 Å². The van der Waals surface area contributed by atoms with Crippen LogP contribution in [0, 0.1) is 0 Å². The van der Waals surface area contributed by atoms with E-state index in [2.05, 4.69) is 5.32 Å². The second-order valence-corrected chi connectivity index (χ2v) is 7.48. The normalized spacial score (nSPS) is 11.7. The first-order valence-electron chi connectivity index (χ1n) is 9.51.